The van der Waals surface area contributed by atoms with E-state index in [-0.39, 0.29) is 17.9 Å². The molecule has 0 amide bonds. The number of nitrogens with zero attached hydrogens (tertiary/aromatic N) is 2. The number of oxime groups is 1. The third kappa shape index (κ3) is 1.39. The quantitative estimate of drug-likeness (QED) is 0.757. The van der Waals surface area contributed by atoms with E-state index in [2.05, 4.69) is 17.1 Å². The topological polar surface area (TPSA) is 74.5 Å². The summed E-state index contributed by atoms with van der Waals surface area (Å²) >= 11 is 0. The lowest BCUT2D eigenvalue weighted by Crippen LogP contribution is -2.76. The Hall–Kier alpha value is -1.79. The van der Waals surface area contributed by atoms with Crippen LogP contribution in [0.15, 0.2) is 17.3 Å². The number of piperidine rings is 1. The highest BCUT2D eigenvalue weighted by Gasteiger charge is 2.72. The zero-order valence-corrected chi connectivity index (χ0v) is 14.0. The standard InChI is InChI=1S/C18H22N2O4/c1-20-8-7-17-14-10-3-4-12(21)15(14)24-16(17)11(19-23-2)5-6-18(17,22)13(20)9-10/h3-4,13,16,21-22H,5-9H2,1-2H3/b19-11-. The molecule has 24 heavy (non-hydrogen) atoms. The van der Waals surface area contributed by atoms with Crippen LogP contribution in [0.3, 0.4) is 0 Å². The van der Waals surface area contributed by atoms with E-state index < -0.39 is 11.0 Å². The van der Waals surface area contributed by atoms with E-state index in [4.69, 9.17) is 9.57 Å². The number of aromatic hydroxyl groups is 1. The third-order valence-electron chi connectivity index (χ3n) is 6.75. The van der Waals surface area contributed by atoms with Gasteiger partial charge < -0.3 is 24.7 Å². The highest BCUT2D eigenvalue weighted by molar-refractivity contribution is 5.94. The highest BCUT2D eigenvalue weighted by Crippen LogP contribution is 2.64. The minimum Gasteiger partial charge on any atom is -0.504 e. The van der Waals surface area contributed by atoms with Crippen molar-refractivity contribution in [2.75, 3.05) is 20.7 Å². The molecule has 0 radical (unpaired) electrons. The van der Waals surface area contributed by atoms with Gasteiger partial charge in [0.15, 0.2) is 17.6 Å². The lowest BCUT2D eigenvalue weighted by molar-refractivity contribution is -0.161. The maximum Gasteiger partial charge on any atom is 0.166 e. The van der Waals surface area contributed by atoms with Gasteiger partial charge in [-0.1, -0.05) is 11.2 Å². The molecule has 2 heterocycles. The largest absolute Gasteiger partial charge is 0.504 e. The molecule has 2 aliphatic heterocycles. The molecule has 4 unspecified atom stereocenters. The minimum absolute atomic E-state index is 0.0597. The van der Waals surface area contributed by atoms with Crippen LogP contribution in [-0.2, 0) is 16.7 Å². The van der Waals surface area contributed by atoms with Crippen LogP contribution in [-0.4, -0.2) is 59.3 Å². The number of likely N-dealkylation sites (N-methyl/N-ethyl adjacent to an activating group) is 1. The van der Waals surface area contributed by atoms with Crippen molar-refractivity contribution in [3.8, 4) is 11.5 Å². The molecule has 4 aliphatic rings. The molecule has 1 aromatic carbocycles. The molecular weight excluding hydrogens is 308 g/mol. The van der Waals surface area contributed by atoms with Gasteiger partial charge in [0.2, 0.25) is 0 Å². The first-order chi connectivity index (χ1) is 11.5. The van der Waals surface area contributed by atoms with Gasteiger partial charge in [-0.25, -0.2) is 0 Å². The van der Waals surface area contributed by atoms with Gasteiger partial charge in [-0.2, -0.15) is 0 Å². The van der Waals surface area contributed by atoms with E-state index >= 15 is 0 Å². The smallest absolute Gasteiger partial charge is 0.166 e. The normalized spacial score (nSPS) is 41.0. The molecule has 2 fully saturated rings. The maximum absolute atomic E-state index is 11.9. The van der Waals surface area contributed by atoms with E-state index in [1.165, 1.54) is 12.7 Å². The molecule has 2 bridgehead atoms. The number of ether oxygens (including phenoxy) is 1. The Morgan fingerprint density at radius 2 is 2.21 bits per heavy atom. The zero-order chi connectivity index (χ0) is 16.7. The summed E-state index contributed by atoms with van der Waals surface area (Å²) in [7, 11) is 3.63. The SMILES string of the molecule is CO/N=C1/CCC2(O)C3Cc4ccc(O)c5c4C2(CCN3C)C1O5. The summed E-state index contributed by atoms with van der Waals surface area (Å²) in [5, 5.41) is 26.4. The lowest BCUT2D eigenvalue weighted by atomic mass is 9.49. The number of aliphatic hydroxyl groups is 1. The molecule has 1 spiro atoms. The van der Waals surface area contributed by atoms with Gasteiger partial charge in [0.05, 0.1) is 16.7 Å². The number of rotatable bonds is 1. The van der Waals surface area contributed by atoms with E-state index in [0.29, 0.717) is 18.6 Å². The molecule has 4 atom stereocenters. The Kier molecular flexibility index (Phi) is 2.69. The Balaban J connectivity index is 1.83. The van der Waals surface area contributed by atoms with Gasteiger partial charge in [0, 0.05) is 11.6 Å². The van der Waals surface area contributed by atoms with Crippen molar-refractivity contribution >= 4 is 5.71 Å². The zero-order valence-electron chi connectivity index (χ0n) is 14.0. The van der Waals surface area contributed by atoms with Crippen molar-refractivity contribution < 1.29 is 19.8 Å². The molecule has 6 nitrogen and oxygen atoms in total. The van der Waals surface area contributed by atoms with Gasteiger partial charge in [0.1, 0.15) is 7.11 Å². The first-order valence-corrected chi connectivity index (χ1v) is 8.57. The second-order valence-electron chi connectivity index (χ2n) is 7.56. The lowest BCUT2D eigenvalue weighted by Gasteiger charge is -2.62. The summed E-state index contributed by atoms with van der Waals surface area (Å²) in [6, 6.07) is 3.74. The van der Waals surface area contributed by atoms with E-state index in [0.717, 1.165) is 30.7 Å². The number of hydrogen-bond donors (Lipinski definition) is 2. The van der Waals surface area contributed by atoms with E-state index in [1.54, 1.807) is 6.07 Å². The molecule has 5 rings (SSSR count). The fourth-order valence-electron chi connectivity index (χ4n) is 5.76. The number of benzene rings is 1. The van der Waals surface area contributed by atoms with Crippen LogP contribution >= 0.6 is 0 Å². The third-order valence-corrected chi connectivity index (χ3v) is 6.75. The summed E-state index contributed by atoms with van der Waals surface area (Å²) in [6.07, 6.45) is 2.48. The Morgan fingerprint density at radius 1 is 1.38 bits per heavy atom. The Bertz CT molecular complexity index is 764. The maximum atomic E-state index is 11.9. The van der Waals surface area contributed by atoms with Crippen LogP contribution in [0.4, 0.5) is 0 Å². The average Bonchev–Trinajstić information content (AvgIpc) is 2.91. The minimum atomic E-state index is -0.872. The van der Waals surface area contributed by atoms with Crippen LogP contribution in [0.2, 0.25) is 0 Å². The van der Waals surface area contributed by atoms with Crippen LogP contribution in [0.5, 0.6) is 11.5 Å². The Morgan fingerprint density at radius 3 is 3.00 bits per heavy atom. The fourth-order valence-corrected chi connectivity index (χ4v) is 5.76. The van der Waals surface area contributed by atoms with Crippen LogP contribution in [0.1, 0.15) is 30.4 Å². The van der Waals surface area contributed by atoms with E-state index in [9.17, 15) is 10.2 Å². The van der Waals surface area contributed by atoms with Gasteiger partial charge in [-0.15, -0.1) is 0 Å². The predicted octanol–water partition coefficient (Wildman–Crippen LogP) is 1.18. The number of phenolic OH excluding ortho intramolecular Hbond substituents is 1. The first kappa shape index (κ1) is 14.5. The first-order valence-electron chi connectivity index (χ1n) is 8.57. The molecule has 128 valence electrons. The van der Waals surface area contributed by atoms with Gasteiger partial charge in [0.25, 0.3) is 0 Å². The van der Waals surface area contributed by atoms with Crippen LogP contribution < -0.4 is 4.74 Å². The van der Waals surface area contributed by atoms with Crippen molar-refractivity contribution in [3.63, 3.8) is 0 Å². The van der Waals surface area contributed by atoms with Crippen molar-refractivity contribution in [1.29, 1.82) is 0 Å². The molecule has 1 saturated carbocycles. The average molecular weight is 330 g/mol. The fraction of sp³-hybridized carbons (Fsp3) is 0.611. The molecule has 2 N–H and O–H groups in total. The summed E-state index contributed by atoms with van der Waals surface area (Å²) in [5.41, 5.74) is 1.59. The summed E-state index contributed by atoms with van der Waals surface area (Å²) < 4.78 is 6.24. The number of phenols is 1. The predicted molar refractivity (Wildman–Crippen MR) is 87.6 cm³/mol. The number of hydrogen-bond acceptors (Lipinski definition) is 6. The molecule has 0 aromatic heterocycles. The highest BCUT2D eigenvalue weighted by atomic mass is 16.6. The Labute approximate surface area is 140 Å². The molecule has 2 aliphatic carbocycles. The monoisotopic (exact) mass is 330 g/mol. The van der Waals surface area contributed by atoms with Crippen molar-refractivity contribution in [3.05, 3.63) is 23.3 Å². The number of likely N-dealkylation sites (tertiary alicyclic amines) is 1. The molecule has 1 aromatic rings. The summed E-state index contributed by atoms with van der Waals surface area (Å²) in [4.78, 5) is 7.32. The molecule has 6 heteroatoms. The molecular formula is C18H22N2O4. The van der Waals surface area contributed by atoms with Crippen LogP contribution in [0.25, 0.3) is 0 Å². The summed E-state index contributed by atoms with van der Waals surface area (Å²) in [5.74, 6) is 0.679. The van der Waals surface area contributed by atoms with Gasteiger partial charge in [-0.3, -0.25) is 0 Å². The second-order valence-corrected chi connectivity index (χ2v) is 7.56. The van der Waals surface area contributed by atoms with Gasteiger partial charge in [-0.05, 0) is 50.9 Å². The van der Waals surface area contributed by atoms with Gasteiger partial charge >= 0.3 is 0 Å². The van der Waals surface area contributed by atoms with Crippen molar-refractivity contribution in [1.82, 2.24) is 4.90 Å². The van der Waals surface area contributed by atoms with Crippen molar-refractivity contribution in [2.24, 2.45) is 5.16 Å². The van der Waals surface area contributed by atoms with E-state index in [1.807, 2.05) is 6.07 Å². The molecule has 1 saturated heterocycles. The van der Waals surface area contributed by atoms with Crippen molar-refractivity contribution in [2.45, 2.75) is 48.8 Å². The summed E-state index contributed by atoms with van der Waals surface area (Å²) in [6.45, 7) is 0.891. The van der Waals surface area contributed by atoms with Crippen LogP contribution in [0, 0.1) is 0 Å². The second kappa shape index (κ2) is 4.43.